The first kappa shape index (κ1) is 24.3. The third kappa shape index (κ3) is 4.99. The highest BCUT2D eigenvalue weighted by Gasteiger charge is 2.19. The Labute approximate surface area is 212 Å². The van der Waals surface area contributed by atoms with Crippen LogP contribution in [0, 0.1) is 6.92 Å². The van der Waals surface area contributed by atoms with E-state index in [0.29, 0.717) is 32.3 Å². The first-order valence-electron chi connectivity index (χ1n) is 10.7. The van der Waals surface area contributed by atoms with Gasteiger partial charge in [-0.1, -0.05) is 42.8 Å². The number of nitrogens with one attached hydrogen (secondary N) is 2. The Kier molecular flexibility index (Phi) is 7.60. The number of pyridine rings is 1. The van der Waals surface area contributed by atoms with Gasteiger partial charge in [0.25, 0.3) is 0 Å². The van der Waals surface area contributed by atoms with Crippen molar-refractivity contribution in [2.45, 2.75) is 30.3 Å². The number of rotatable bonds is 6. The predicted octanol–water partition coefficient (Wildman–Crippen LogP) is 7.30. The van der Waals surface area contributed by atoms with Crippen LogP contribution in [0.4, 0.5) is 16.2 Å². The van der Waals surface area contributed by atoms with Crippen molar-refractivity contribution in [1.82, 2.24) is 15.0 Å². The van der Waals surface area contributed by atoms with Gasteiger partial charge in [0.15, 0.2) is 0 Å². The number of halogens is 1. The molecule has 6 nitrogen and oxygen atoms in total. The number of amides is 2. The molecule has 34 heavy (non-hydrogen) atoms. The van der Waals surface area contributed by atoms with E-state index in [9.17, 15) is 4.79 Å². The largest absolute Gasteiger partial charge is 0.323 e. The monoisotopic (exact) mass is 509 g/mol. The van der Waals surface area contributed by atoms with E-state index in [1.165, 1.54) is 29.1 Å². The zero-order valence-electron chi connectivity index (χ0n) is 19.3. The Morgan fingerprint density at radius 2 is 1.74 bits per heavy atom. The number of aryl methyl sites for hydroxylation is 2. The van der Waals surface area contributed by atoms with Crippen molar-refractivity contribution in [2.24, 2.45) is 0 Å². The zero-order valence-corrected chi connectivity index (χ0v) is 21.7. The second kappa shape index (κ2) is 10.6. The minimum absolute atomic E-state index is 0.404. The SMILES string of the molecule is CCc1ccc2ncc(NC(=O)Nc3c(SC)nc(C)nc3SC)c(-c3ccccc3Cl)c2c1. The molecule has 0 aliphatic rings. The molecule has 174 valence electrons. The van der Waals surface area contributed by atoms with Gasteiger partial charge in [0.1, 0.15) is 21.6 Å². The average molecular weight is 510 g/mol. The highest BCUT2D eigenvalue weighted by atomic mass is 35.5. The molecule has 0 aliphatic heterocycles. The number of urea groups is 1. The summed E-state index contributed by atoms with van der Waals surface area (Å²) in [5.41, 5.74) is 4.82. The summed E-state index contributed by atoms with van der Waals surface area (Å²) in [5.74, 6) is 0.658. The molecule has 2 aromatic carbocycles. The summed E-state index contributed by atoms with van der Waals surface area (Å²) in [5, 5.41) is 8.88. The van der Waals surface area contributed by atoms with Gasteiger partial charge in [-0.15, -0.1) is 23.5 Å². The molecular weight excluding hydrogens is 486 g/mol. The smallest absolute Gasteiger partial charge is 0.306 e. The van der Waals surface area contributed by atoms with Crippen LogP contribution in [0.3, 0.4) is 0 Å². The van der Waals surface area contributed by atoms with Gasteiger partial charge in [-0.05, 0) is 49.6 Å². The second-order valence-corrected chi connectivity index (χ2v) is 9.47. The molecule has 0 aliphatic carbocycles. The highest BCUT2D eigenvalue weighted by Crippen LogP contribution is 2.39. The molecule has 0 saturated heterocycles. The van der Waals surface area contributed by atoms with Gasteiger partial charge < -0.3 is 10.6 Å². The number of anilines is 2. The van der Waals surface area contributed by atoms with Crippen molar-refractivity contribution in [3.8, 4) is 11.1 Å². The molecule has 4 aromatic rings. The quantitative estimate of drug-likeness (QED) is 0.209. The van der Waals surface area contributed by atoms with Gasteiger partial charge >= 0.3 is 6.03 Å². The van der Waals surface area contributed by atoms with Crippen molar-refractivity contribution in [1.29, 1.82) is 0 Å². The standard InChI is InChI=1S/C25H24ClN5OS2/c1-5-15-10-11-19-17(12-15)21(16-8-6-7-9-18(16)26)20(13-27-19)30-25(32)31-22-23(33-3)28-14(2)29-24(22)34-4/h6-13H,5H2,1-4H3,(H2,30,31,32). The van der Waals surface area contributed by atoms with Crippen LogP contribution >= 0.6 is 35.1 Å². The summed E-state index contributed by atoms with van der Waals surface area (Å²) in [7, 11) is 0. The first-order chi connectivity index (χ1) is 16.4. The van der Waals surface area contributed by atoms with Crippen molar-refractivity contribution in [3.05, 3.63) is 65.1 Å². The molecule has 0 unspecified atom stereocenters. The highest BCUT2D eigenvalue weighted by molar-refractivity contribution is 7.99. The summed E-state index contributed by atoms with van der Waals surface area (Å²) >= 11 is 9.51. The minimum atomic E-state index is -0.404. The predicted molar refractivity (Wildman–Crippen MR) is 145 cm³/mol. The molecule has 0 bridgehead atoms. The van der Waals surface area contributed by atoms with Gasteiger partial charge in [0, 0.05) is 21.5 Å². The molecule has 0 atom stereocenters. The minimum Gasteiger partial charge on any atom is -0.306 e. The number of carbonyl (C=O) groups is 1. The Morgan fingerprint density at radius 3 is 2.38 bits per heavy atom. The zero-order chi connectivity index (χ0) is 24.2. The summed E-state index contributed by atoms with van der Waals surface area (Å²) < 4.78 is 0. The number of nitrogens with zero attached hydrogens (tertiary/aromatic N) is 3. The number of hydrogen-bond acceptors (Lipinski definition) is 6. The fourth-order valence-electron chi connectivity index (χ4n) is 3.70. The molecule has 2 heterocycles. The third-order valence-corrected chi connectivity index (χ3v) is 7.01. The van der Waals surface area contributed by atoms with Gasteiger partial charge in [-0.25, -0.2) is 14.8 Å². The van der Waals surface area contributed by atoms with Crippen LogP contribution in [-0.2, 0) is 6.42 Å². The number of aromatic nitrogens is 3. The third-order valence-electron chi connectivity index (χ3n) is 5.31. The molecule has 0 spiro atoms. The Bertz CT molecular complexity index is 1350. The summed E-state index contributed by atoms with van der Waals surface area (Å²) in [4.78, 5) is 26.7. The molecule has 2 aromatic heterocycles. The number of hydrogen-bond donors (Lipinski definition) is 2. The van der Waals surface area contributed by atoms with E-state index in [-0.39, 0.29) is 0 Å². The fraction of sp³-hybridized carbons (Fsp3) is 0.200. The lowest BCUT2D eigenvalue weighted by Crippen LogP contribution is -2.21. The lowest BCUT2D eigenvalue weighted by Gasteiger charge is -2.17. The van der Waals surface area contributed by atoms with E-state index >= 15 is 0 Å². The van der Waals surface area contributed by atoms with Gasteiger partial charge in [0.05, 0.1) is 17.4 Å². The molecule has 2 N–H and O–H groups in total. The van der Waals surface area contributed by atoms with Crippen LogP contribution in [0.2, 0.25) is 5.02 Å². The van der Waals surface area contributed by atoms with Crippen molar-refractivity contribution < 1.29 is 4.79 Å². The van der Waals surface area contributed by atoms with Crippen LogP contribution in [0.25, 0.3) is 22.0 Å². The maximum Gasteiger partial charge on any atom is 0.323 e. The van der Waals surface area contributed by atoms with Crippen LogP contribution in [0.15, 0.2) is 58.7 Å². The van der Waals surface area contributed by atoms with Crippen molar-refractivity contribution in [2.75, 3.05) is 23.1 Å². The lowest BCUT2D eigenvalue weighted by atomic mass is 9.97. The second-order valence-electron chi connectivity index (χ2n) is 7.48. The normalized spacial score (nSPS) is 11.0. The first-order valence-corrected chi connectivity index (χ1v) is 13.5. The molecule has 0 saturated carbocycles. The van der Waals surface area contributed by atoms with Crippen LogP contribution in [-0.4, -0.2) is 33.5 Å². The topological polar surface area (TPSA) is 79.8 Å². The molecule has 9 heteroatoms. The Balaban J connectivity index is 1.79. The summed E-state index contributed by atoms with van der Waals surface area (Å²) in [6.07, 6.45) is 6.40. The van der Waals surface area contributed by atoms with E-state index in [0.717, 1.165) is 28.5 Å². The van der Waals surface area contributed by atoms with E-state index in [1.807, 2.05) is 49.8 Å². The number of carbonyl (C=O) groups excluding carboxylic acids is 1. The van der Waals surface area contributed by atoms with Crippen LogP contribution < -0.4 is 10.6 Å². The van der Waals surface area contributed by atoms with E-state index < -0.39 is 6.03 Å². The maximum atomic E-state index is 13.2. The van der Waals surface area contributed by atoms with Crippen molar-refractivity contribution >= 4 is 63.4 Å². The van der Waals surface area contributed by atoms with Crippen LogP contribution in [0.1, 0.15) is 18.3 Å². The summed E-state index contributed by atoms with van der Waals surface area (Å²) in [6.45, 7) is 3.94. The van der Waals surface area contributed by atoms with E-state index in [2.05, 4.69) is 44.6 Å². The fourth-order valence-corrected chi connectivity index (χ4v) is 5.15. The number of thioether (sulfide) groups is 2. The van der Waals surface area contributed by atoms with Gasteiger partial charge in [-0.2, -0.15) is 0 Å². The molecule has 2 amide bonds. The van der Waals surface area contributed by atoms with Crippen molar-refractivity contribution in [3.63, 3.8) is 0 Å². The maximum absolute atomic E-state index is 13.2. The summed E-state index contributed by atoms with van der Waals surface area (Å²) in [6, 6.07) is 13.4. The van der Waals surface area contributed by atoms with E-state index in [1.54, 1.807) is 6.20 Å². The molecular formula is C25H24ClN5OS2. The average Bonchev–Trinajstić information content (AvgIpc) is 2.84. The Hall–Kier alpha value is -2.81. The number of fused-ring (bicyclic) bond motifs is 1. The van der Waals surface area contributed by atoms with Crippen LogP contribution in [0.5, 0.6) is 0 Å². The molecule has 4 rings (SSSR count). The molecule has 0 radical (unpaired) electrons. The Morgan fingerprint density at radius 1 is 1.03 bits per heavy atom. The van der Waals surface area contributed by atoms with Gasteiger partial charge in [-0.3, -0.25) is 4.98 Å². The lowest BCUT2D eigenvalue weighted by molar-refractivity contribution is 0.262. The molecule has 0 fully saturated rings. The van der Waals surface area contributed by atoms with Gasteiger partial charge in [0.2, 0.25) is 0 Å². The van der Waals surface area contributed by atoms with E-state index in [4.69, 9.17) is 11.6 Å². The number of benzene rings is 2.